The van der Waals surface area contributed by atoms with E-state index < -0.39 is 5.97 Å². The monoisotopic (exact) mass is 363 g/mol. The number of ether oxygens (including phenoxy) is 1. The molecule has 0 N–H and O–H groups in total. The van der Waals surface area contributed by atoms with Crippen LogP contribution in [0.25, 0.3) is 0 Å². The molecule has 0 saturated heterocycles. The lowest BCUT2D eigenvalue weighted by Crippen LogP contribution is -2.29. The molecule has 2 aromatic rings. The minimum Gasteiger partial charge on any atom is -0.465 e. The van der Waals surface area contributed by atoms with Gasteiger partial charge in [0.15, 0.2) is 0 Å². The van der Waals surface area contributed by atoms with Gasteiger partial charge in [-0.05, 0) is 41.8 Å². The SMILES string of the molecule is COC(=O)c1ccc(C(=O)c2cc3c(cc2C)C(C)(C)C=CC3(C)C)nc1. The number of fused-ring (bicyclic) bond motifs is 1. The lowest BCUT2D eigenvalue weighted by molar-refractivity contribution is 0.0600. The first-order chi connectivity index (χ1) is 12.6. The van der Waals surface area contributed by atoms with E-state index in [4.69, 9.17) is 0 Å². The number of ketones is 1. The van der Waals surface area contributed by atoms with Crippen LogP contribution < -0.4 is 0 Å². The van der Waals surface area contributed by atoms with E-state index in [2.05, 4.69) is 55.6 Å². The Morgan fingerprint density at radius 1 is 0.963 bits per heavy atom. The molecule has 0 atom stereocenters. The number of hydrogen-bond donors (Lipinski definition) is 0. The van der Waals surface area contributed by atoms with Crippen LogP contribution in [0.5, 0.6) is 0 Å². The van der Waals surface area contributed by atoms with Crippen molar-refractivity contribution in [3.63, 3.8) is 0 Å². The fourth-order valence-corrected chi connectivity index (χ4v) is 3.52. The molecule has 1 heterocycles. The van der Waals surface area contributed by atoms with E-state index in [1.165, 1.54) is 18.9 Å². The fraction of sp³-hybridized carbons (Fsp3) is 0.348. The molecule has 0 unspecified atom stereocenters. The Bertz CT molecular complexity index is 950. The zero-order valence-corrected chi connectivity index (χ0v) is 16.7. The Labute approximate surface area is 160 Å². The first-order valence-corrected chi connectivity index (χ1v) is 9.02. The summed E-state index contributed by atoms with van der Waals surface area (Å²) in [5, 5.41) is 0. The van der Waals surface area contributed by atoms with Crippen LogP contribution in [0, 0.1) is 6.92 Å². The van der Waals surface area contributed by atoms with Crippen LogP contribution in [0.3, 0.4) is 0 Å². The molecule has 4 nitrogen and oxygen atoms in total. The second kappa shape index (κ2) is 6.45. The number of benzene rings is 1. The lowest BCUT2D eigenvalue weighted by Gasteiger charge is -2.37. The van der Waals surface area contributed by atoms with Crippen LogP contribution in [0.1, 0.15) is 70.8 Å². The van der Waals surface area contributed by atoms with Crippen molar-refractivity contribution < 1.29 is 14.3 Å². The van der Waals surface area contributed by atoms with Gasteiger partial charge in [0.05, 0.1) is 12.7 Å². The molecule has 0 aliphatic heterocycles. The Hall–Kier alpha value is -2.75. The number of rotatable bonds is 3. The summed E-state index contributed by atoms with van der Waals surface area (Å²) in [6.07, 6.45) is 5.83. The summed E-state index contributed by atoms with van der Waals surface area (Å²) in [6.45, 7) is 10.6. The van der Waals surface area contributed by atoms with Gasteiger partial charge in [-0.25, -0.2) is 4.79 Å². The molecule has 0 amide bonds. The van der Waals surface area contributed by atoms with Crippen molar-refractivity contribution in [1.29, 1.82) is 0 Å². The highest BCUT2D eigenvalue weighted by Crippen LogP contribution is 2.42. The smallest absolute Gasteiger partial charge is 0.339 e. The van der Waals surface area contributed by atoms with Crippen molar-refractivity contribution in [3.05, 3.63) is 76.1 Å². The Morgan fingerprint density at radius 2 is 1.56 bits per heavy atom. The molecule has 1 aromatic heterocycles. The largest absolute Gasteiger partial charge is 0.465 e. The van der Waals surface area contributed by atoms with Crippen molar-refractivity contribution in [2.45, 2.75) is 45.4 Å². The standard InChI is InChI=1S/C23H25NO3/c1-14-11-17-18(23(4,5)10-9-22(17,2)3)12-16(14)20(25)19-8-7-15(13-24-19)21(26)27-6/h7-13H,1-6H3. The molecule has 1 aliphatic carbocycles. The van der Waals surface area contributed by atoms with Gasteiger partial charge in [-0.15, -0.1) is 0 Å². The molecule has 0 radical (unpaired) electrons. The minimum atomic E-state index is -0.470. The molecule has 3 rings (SSSR count). The van der Waals surface area contributed by atoms with Gasteiger partial charge in [0.1, 0.15) is 5.69 Å². The average Bonchev–Trinajstić information content (AvgIpc) is 2.64. The van der Waals surface area contributed by atoms with Gasteiger partial charge in [0.2, 0.25) is 5.78 Å². The molecule has 0 bridgehead atoms. The van der Waals surface area contributed by atoms with Crippen molar-refractivity contribution in [1.82, 2.24) is 4.98 Å². The molecule has 4 heteroatoms. The van der Waals surface area contributed by atoms with E-state index in [0.29, 0.717) is 16.8 Å². The molecule has 27 heavy (non-hydrogen) atoms. The number of aryl methyl sites for hydroxylation is 1. The third kappa shape index (κ3) is 3.32. The first-order valence-electron chi connectivity index (χ1n) is 9.02. The maximum Gasteiger partial charge on any atom is 0.339 e. The van der Waals surface area contributed by atoms with E-state index >= 15 is 0 Å². The van der Waals surface area contributed by atoms with Crippen molar-refractivity contribution in [3.8, 4) is 0 Å². The number of pyridine rings is 1. The predicted molar refractivity (Wildman–Crippen MR) is 105 cm³/mol. The van der Waals surface area contributed by atoms with Gasteiger partial charge >= 0.3 is 5.97 Å². The van der Waals surface area contributed by atoms with E-state index in [-0.39, 0.29) is 16.6 Å². The van der Waals surface area contributed by atoms with E-state index in [0.717, 1.165) is 11.1 Å². The third-order valence-corrected chi connectivity index (χ3v) is 5.33. The summed E-state index contributed by atoms with van der Waals surface area (Å²) in [7, 11) is 1.32. The van der Waals surface area contributed by atoms with Crippen LogP contribution in [0.15, 0.2) is 42.6 Å². The fourth-order valence-electron chi connectivity index (χ4n) is 3.52. The van der Waals surface area contributed by atoms with Crippen LogP contribution in [-0.4, -0.2) is 23.8 Å². The summed E-state index contributed by atoms with van der Waals surface area (Å²) in [5.41, 5.74) is 4.41. The number of methoxy groups -OCH3 is 1. The average molecular weight is 363 g/mol. The van der Waals surface area contributed by atoms with E-state index in [1.807, 2.05) is 13.0 Å². The van der Waals surface area contributed by atoms with E-state index in [1.54, 1.807) is 12.1 Å². The topological polar surface area (TPSA) is 56.3 Å². The number of esters is 1. The molecule has 0 fully saturated rings. The molecule has 0 spiro atoms. The number of nitrogens with zero attached hydrogens (tertiary/aromatic N) is 1. The van der Waals surface area contributed by atoms with Crippen molar-refractivity contribution in [2.24, 2.45) is 0 Å². The van der Waals surface area contributed by atoms with Gasteiger partial charge < -0.3 is 4.74 Å². The Balaban J connectivity index is 2.06. The second-order valence-electron chi connectivity index (χ2n) is 8.24. The Kier molecular flexibility index (Phi) is 4.54. The third-order valence-electron chi connectivity index (χ3n) is 5.33. The number of carbonyl (C=O) groups excluding carboxylic acids is 2. The highest BCUT2D eigenvalue weighted by molar-refractivity contribution is 6.09. The zero-order chi connectivity index (χ0) is 20.0. The maximum absolute atomic E-state index is 13.1. The molecular formula is C23H25NO3. The Morgan fingerprint density at radius 3 is 2.07 bits per heavy atom. The molecule has 1 aromatic carbocycles. The highest BCUT2D eigenvalue weighted by atomic mass is 16.5. The molecular weight excluding hydrogens is 338 g/mol. The number of carbonyl (C=O) groups is 2. The second-order valence-corrected chi connectivity index (χ2v) is 8.24. The first kappa shape index (κ1) is 19.0. The zero-order valence-electron chi connectivity index (χ0n) is 16.7. The van der Waals surface area contributed by atoms with Gasteiger partial charge in [-0.3, -0.25) is 9.78 Å². The van der Waals surface area contributed by atoms with Gasteiger partial charge in [0, 0.05) is 22.6 Å². The minimum absolute atomic E-state index is 0.0718. The van der Waals surface area contributed by atoms with Crippen LogP contribution in [-0.2, 0) is 15.6 Å². The predicted octanol–water partition coefficient (Wildman–Crippen LogP) is 4.53. The molecule has 140 valence electrons. The van der Waals surface area contributed by atoms with Crippen LogP contribution in [0.4, 0.5) is 0 Å². The number of allylic oxidation sites excluding steroid dienone is 2. The maximum atomic E-state index is 13.1. The van der Waals surface area contributed by atoms with Crippen LogP contribution >= 0.6 is 0 Å². The lowest BCUT2D eigenvalue weighted by atomic mass is 9.67. The quantitative estimate of drug-likeness (QED) is 0.457. The molecule has 0 saturated carbocycles. The van der Waals surface area contributed by atoms with Crippen molar-refractivity contribution in [2.75, 3.05) is 7.11 Å². The summed E-state index contributed by atoms with van der Waals surface area (Å²) < 4.78 is 4.67. The normalized spacial score (nSPS) is 16.5. The summed E-state index contributed by atoms with van der Waals surface area (Å²) >= 11 is 0. The van der Waals surface area contributed by atoms with Gasteiger partial charge in [-0.2, -0.15) is 0 Å². The number of hydrogen-bond acceptors (Lipinski definition) is 4. The highest BCUT2D eigenvalue weighted by Gasteiger charge is 2.34. The summed E-state index contributed by atoms with van der Waals surface area (Å²) in [4.78, 5) is 28.8. The summed E-state index contributed by atoms with van der Waals surface area (Å²) in [6, 6.07) is 7.27. The van der Waals surface area contributed by atoms with Crippen LogP contribution in [0.2, 0.25) is 0 Å². The van der Waals surface area contributed by atoms with E-state index in [9.17, 15) is 9.59 Å². The van der Waals surface area contributed by atoms with Gasteiger partial charge in [-0.1, -0.05) is 45.9 Å². The summed E-state index contributed by atoms with van der Waals surface area (Å²) in [5.74, 6) is -0.614. The molecule has 1 aliphatic rings. The van der Waals surface area contributed by atoms with Gasteiger partial charge in [0.25, 0.3) is 0 Å². The van der Waals surface area contributed by atoms with Crippen molar-refractivity contribution >= 4 is 11.8 Å². The number of aromatic nitrogens is 1.